The number of aryl methyl sites for hydroxylation is 1. The highest BCUT2D eigenvalue weighted by molar-refractivity contribution is 7.98. The van der Waals surface area contributed by atoms with Crippen LogP contribution in [-0.2, 0) is 15.8 Å². The summed E-state index contributed by atoms with van der Waals surface area (Å²) >= 11 is 13.6. The number of rotatable bonds is 9. The molecule has 3 aromatic rings. The summed E-state index contributed by atoms with van der Waals surface area (Å²) < 4.78 is 41.5. The maximum Gasteiger partial charge on any atom is 0.261 e. The summed E-state index contributed by atoms with van der Waals surface area (Å²) in [4.78, 5) is 12.7. The first kappa shape index (κ1) is 25.4. The highest BCUT2D eigenvalue weighted by atomic mass is 35.5. The van der Waals surface area contributed by atoms with Gasteiger partial charge in [0.2, 0.25) is 0 Å². The van der Waals surface area contributed by atoms with E-state index < -0.39 is 15.9 Å². The number of hydrogen-bond donors (Lipinski definition) is 2. The molecule has 2 N–H and O–H groups in total. The summed E-state index contributed by atoms with van der Waals surface area (Å²) in [7, 11) is -3.81. The first-order valence-corrected chi connectivity index (χ1v) is 13.2. The van der Waals surface area contributed by atoms with Crippen LogP contribution in [0.25, 0.3) is 0 Å². The molecule has 0 bridgehead atoms. The number of carbonyl (C=O) groups excluding carboxylic acids is 1. The molecular weight excluding hydrogens is 506 g/mol. The van der Waals surface area contributed by atoms with Gasteiger partial charge in [0.25, 0.3) is 15.9 Å². The number of benzene rings is 3. The average molecular weight is 527 g/mol. The SMILES string of the molecule is Cc1ccc(S(=O)(=O)Nc2ccc(Cl)c(C(=O)NCCSCc3c(F)cccc3Cl)c2)cc1. The summed E-state index contributed by atoms with van der Waals surface area (Å²) in [6.07, 6.45) is 0. The maximum atomic E-state index is 13.8. The van der Waals surface area contributed by atoms with Gasteiger partial charge in [-0.25, -0.2) is 12.8 Å². The van der Waals surface area contributed by atoms with Gasteiger partial charge in [-0.2, -0.15) is 11.8 Å². The number of hydrogen-bond acceptors (Lipinski definition) is 4. The highest BCUT2D eigenvalue weighted by Crippen LogP contribution is 2.25. The zero-order chi connectivity index (χ0) is 24.0. The molecule has 10 heteroatoms. The van der Waals surface area contributed by atoms with Gasteiger partial charge < -0.3 is 5.32 Å². The molecule has 5 nitrogen and oxygen atoms in total. The van der Waals surface area contributed by atoms with Crippen molar-refractivity contribution in [3.05, 3.63) is 93.2 Å². The van der Waals surface area contributed by atoms with Crippen molar-refractivity contribution in [2.24, 2.45) is 0 Å². The zero-order valence-electron chi connectivity index (χ0n) is 17.6. The summed E-state index contributed by atoms with van der Waals surface area (Å²) in [5.41, 5.74) is 1.72. The lowest BCUT2D eigenvalue weighted by atomic mass is 10.2. The fraction of sp³-hybridized carbons (Fsp3) is 0.174. The van der Waals surface area contributed by atoms with E-state index in [0.29, 0.717) is 28.6 Å². The molecule has 0 aliphatic heterocycles. The van der Waals surface area contributed by atoms with Crippen LogP contribution in [-0.4, -0.2) is 26.6 Å². The number of carbonyl (C=O) groups is 1. The third-order valence-corrected chi connectivity index (χ3v) is 7.70. The van der Waals surface area contributed by atoms with Crippen molar-refractivity contribution >= 4 is 56.6 Å². The molecule has 0 aliphatic rings. The molecule has 0 atom stereocenters. The third-order valence-electron chi connectivity index (χ3n) is 4.63. The van der Waals surface area contributed by atoms with Crippen LogP contribution in [0, 0.1) is 12.7 Å². The smallest absolute Gasteiger partial charge is 0.261 e. The van der Waals surface area contributed by atoms with Gasteiger partial charge in [0.15, 0.2) is 0 Å². The largest absolute Gasteiger partial charge is 0.351 e. The van der Waals surface area contributed by atoms with Gasteiger partial charge in [-0.3, -0.25) is 9.52 Å². The number of nitrogens with one attached hydrogen (secondary N) is 2. The Hall–Kier alpha value is -2.26. The van der Waals surface area contributed by atoms with Crippen LogP contribution in [0.15, 0.2) is 65.6 Å². The predicted octanol–water partition coefficient (Wildman–Crippen LogP) is 5.90. The number of thioether (sulfide) groups is 1. The zero-order valence-corrected chi connectivity index (χ0v) is 20.7. The van der Waals surface area contributed by atoms with E-state index in [-0.39, 0.29) is 27.0 Å². The first-order valence-electron chi connectivity index (χ1n) is 9.85. The quantitative estimate of drug-likeness (QED) is 0.340. The van der Waals surface area contributed by atoms with Crippen LogP contribution in [0.1, 0.15) is 21.5 Å². The van der Waals surface area contributed by atoms with Gasteiger partial charge in [-0.1, -0.05) is 47.0 Å². The Balaban J connectivity index is 1.58. The Morgan fingerprint density at radius 2 is 1.76 bits per heavy atom. The molecule has 0 fully saturated rings. The minimum Gasteiger partial charge on any atom is -0.351 e. The first-order chi connectivity index (χ1) is 15.7. The molecule has 0 saturated heterocycles. The van der Waals surface area contributed by atoms with E-state index in [1.165, 1.54) is 48.2 Å². The van der Waals surface area contributed by atoms with Crippen molar-refractivity contribution in [3.8, 4) is 0 Å². The second-order valence-electron chi connectivity index (χ2n) is 7.12. The Morgan fingerprint density at radius 1 is 1.03 bits per heavy atom. The molecule has 33 heavy (non-hydrogen) atoms. The lowest BCUT2D eigenvalue weighted by Crippen LogP contribution is -2.26. The van der Waals surface area contributed by atoms with Gasteiger partial charge in [0.1, 0.15) is 5.82 Å². The van der Waals surface area contributed by atoms with E-state index in [4.69, 9.17) is 23.2 Å². The van der Waals surface area contributed by atoms with Crippen molar-refractivity contribution in [2.75, 3.05) is 17.0 Å². The standard InChI is InChI=1S/C23H21Cl2FN2O3S2/c1-15-5-8-17(9-6-15)33(30,31)28-16-7-10-21(25)18(13-16)23(29)27-11-12-32-14-19-20(24)3-2-4-22(19)26/h2-10,13,28H,11-12,14H2,1H3,(H,27,29). The molecule has 0 saturated carbocycles. The molecule has 174 valence electrons. The van der Waals surface area contributed by atoms with Crippen molar-refractivity contribution in [1.82, 2.24) is 5.32 Å². The predicted molar refractivity (Wildman–Crippen MR) is 133 cm³/mol. The molecule has 3 rings (SSSR count). The number of amides is 1. The molecule has 0 aliphatic carbocycles. The number of anilines is 1. The minimum atomic E-state index is -3.81. The molecule has 0 aromatic heterocycles. The number of halogens is 3. The molecule has 0 heterocycles. The van der Waals surface area contributed by atoms with E-state index in [1.54, 1.807) is 24.3 Å². The Kier molecular flexibility index (Phi) is 8.64. The van der Waals surface area contributed by atoms with E-state index >= 15 is 0 Å². The van der Waals surface area contributed by atoms with Gasteiger partial charge in [0, 0.05) is 34.3 Å². The number of sulfonamides is 1. The summed E-state index contributed by atoms with van der Waals surface area (Å²) in [5, 5.41) is 3.29. The van der Waals surface area contributed by atoms with Gasteiger partial charge >= 0.3 is 0 Å². The van der Waals surface area contributed by atoms with E-state index in [0.717, 1.165) is 5.56 Å². The normalized spacial score (nSPS) is 11.3. The van der Waals surface area contributed by atoms with Crippen LogP contribution in [0.4, 0.5) is 10.1 Å². The summed E-state index contributed by atoms with van der Waals surface area (Å²) in [5.74, 6) is 0.0863. The lowest BCUT2D eigenvalue weighted by Gasteiger charge is -2.12. The minimum absolute atomic E-state index is 0.112. The van der Waals surface area contributed by atoms with Crippen molar-refractivity contribution in [3.63, 3.8) is 0 Å². The third kappa shape index (κ3) is 6.86. The van der Waals surface area contributed by atoms with Crippen molar-refractivity contribution < 1.29 is 17.6 Å². The monoisotopic (exact) mass is 526 g/mol. The topological polar surface area (TPSA) is 75.3 Å². The van der Waals surface area contributed by atoms with Crippen LogP contribution in [0.2, 0.25) is 10.0 Å². The average Bonchev–Trinajstić information content (AvgIpc) is 2.76. The van der Waals surface area contributed by atoms with Crippen molar-refractivity contribution in [1.29, 1.82) is 0 Å². The Morgan fingerprint density at radius 3 is 2.45 bits per heavy atom. The summed E-state index contributed by atoms with van der Waals surface area (Å²) in [6.45, 7) is 2.17. The van der Waals surface area contributed by atoms with Gasteiger partial charge in [0.05, 0.1) is 15.5 Å². The molecule has 0 radical (unpaired) electrons. The van der Waals surface area contributed by atoms with Crippen LogP contribution in [0.3, 0.4) is 0 Å². The fourth-order valence-corrected chi connectivity index (χ4v) is 5.32. The maximum absolute atomic E-state index is 13.8. The Labute approximate surface area is 206 Å². The van der Waals surface area contributed by atoms with Gasteiger partial charge in [-0.15, -0.1) is 0 Å². The molecule has 0 spiro atoms. The Bertz CT molecular complexity index is 1230. The summed E-state index contributed by atoms with van der Waals surface area (Å²) in [6, 6.07) is 15.3. The molecule has 0 unspecified atom stereocenters. The van der Waals surface area contributed by atoms with E-state index in [9.17, 15) is 17.6 Å². The molecule has 3 aromatic carbocycles. The van der Waals surface area contributed by atoms with Crippen LogP contribution in [0.5, 0.6) is 0 Å². The molecular formula is C23H21Cl2FN2O3S2. The van der Waals surface area contributed by atoms with Crippen LogP contribution >= 0.6 is 35.0 Å². The van der Waals surface area contributed by atoms with Gasteiger partial charge in [-0.05, 0) is 49.4 Å². The lowest BCUT2D eigenvalue weighted by molar-refractivity contribution is 0.0956. The van der Waals surface area contributed by atoms with E-state index in [2.05, 4.69) is 10.0 Å². The second kappa shape index (κ2) is 11.2. The second-order valence-corrected chi connectivity index (χ2v) is 10.7. The van der Waals surface area contributed by atoms with E-state index in [1.807, 2.05) is 6.92 Å². The fourth-order valence-electron chi connectivity index (χ4n) is 2.87. The van der Waals surface area contributed by atoms with Crippen molar-refractivity contribution in [2.45, 2.75) is 17.6 Å². The highest BCUT2D eigenvalue weighted by Gasteiger charge is 2.17. The van der Waals surface area contributed by atoms with Crippen LogP contribution < -0.4 is 10.0 Å². The molecule has 1 amide bonds.